The molecule has 77 heavy (non-hydrogen) atoms. The van der Waals surface area contributed by atoms with Gasteiger partial charge in [-0.3, -0.25) is 24.2 Å². The Morgan fingerprint density at radius 2 is 0.494 bits per heavy atom. The third kappa shape index (κ3) is 63.1. The second kappa shape index (κ2) is 66.6. The van der Waals surface area contributed by atoms with Crippen LogP contribution in [-0.4, -0.2) is 171 Å². The molecule has 14 heteroatoms. The summed E-state index contributed by atoms with van der Waals surface area (Å²) in [6.45, 7) is 16.3. The van der Waals surface area contributed by atoms with Crippen molar-refractivity contribution in [1.29, 1.82) is 0 Å². The number of aliphatic hydroxyl groups excluding tert-OH is 4. The van der Waals surface area contributed by atoms with Gasteiger partial charge in [0.2, 0.25) is 17.7 Å². The molecule has 0 aliphatic rings. The Labute approximate surface area is 476 Å². The fraction of sp³-hybridized carbons (Fsp3) is 0.952. The number of carbonyl (C=O) groups excluding carboxylic acids is 3. The normalized spacial score (nSPS) is 11.5. The zero-order valence-electron chi connectivity index (χ0n) is 51.2. The third-order valence-corrected chi connectivity index (χ3v) is 14.9. The predicted molar refractivity (Wildman–Crippen MR) is 327 cm³/mol. The number of aliphatic hydroxyl groups is 4. The molecule has 0 aromatic heterocycles. The molecule has 0 spiro atoms. The molecule has 0 aromatic rings. The fourth-order valence-electron chi connectivity index (χ4n) is 9.78. The summed E-state index contributed by atoms with van der Waals surface area (Å²) < 4.78 is 0. The first-order chi connectivity index (χ1) is 37.8. The smallest absolute Gasteiger partial charge is 0.221 e. The van der Waals surface area contributed by atoms with E-state index in [0.29, 0.717) is 78.2 Å². The van der Waals surface area contributed by atoms with E-state index in [1.54, 1.807) is 0 Å². The summed E-state index contributed by atoms with van der Waals surface area (Å²) in [6, 6.07) is 0. The van der Waals surface area contributed by atoms with Crippen LogP contribution in [0.15, 0.2) is 0 Å². The Hall–Kier alpha value is -1.91. The highest BCUT2D eigenvalue weighted by molar-refractivity contribution is 5.77. The van der Waals surface area contributed by atoms with E-state index in [9.17, 15) is 24.6 Å². The van der Waals surface area contributed by atoms with Crippen LogP contribution in [0.3, 0.4) is 0 Å². The van der Waals surface area contributed by atoms with Crippen LogP contribution in [0.1, 0.15) is 271 Å². The van der Waals surface area contributed by atoms with Crippen molar-refractivity contribution in [3.8, 4) is 0 Å². The molecular formula is C63H131N7O7. The lowest BCUT2D eigenvalue weighted by Crippen LogP contribution is -2.41. The maximum atomic E-state index is 12.6. The van der Waals surface area contributed by atoms with Crippen LogP contribution < -0.4 is 21.3 Å². The van der Waals surface area contributed by atoms with E-state index in [-0.39, 0.29) is 44.1 Å². The summed E-state index contributed by atoms with van der Waals surface area (Å²) >= 11 is 0. The van der Waals surface area contributed by atoms with Gasteiger partial charge in [-0.25, -0.2) is 0 Å². The van der Waals surface area contributed by atoms with Gasteiger partial charge in [0.25, 0.3) is 0 Å². The molecule has 0 aliphatic carbocycles. The van der Waals surface area contributed by atoms with Crippen LogP contribution >= 0.6 is 0 Å². The number of nitrogens with one attached hydrogen (secondary N) is 4. The molecule has 0 bridgehead atoms. The molecule has 8 N–H and O–H groups in total. The Bertz CT molecular complexity index is 1130. The average molecular weight is 1100 g/mol. The van der Waals surface area contributed by atoms with Gasteiger partial charge in [-0.05, 0) is 19.3 Å². The second-order valence-electron chi connectivity index (χ2n) is 22.1. The lowest BCUT2D eigenvalue weighted by atomic mass is 10.1. The molecule has 0 rings (SSSR count). The van der Waals surface area contributed by atoms with Gasteiger partial charge in [0.1, 0.15) is 0 Å². The van der Waals surface area contributed by atoms with Crippen LogP contribution in [0.25, 0.3) is 0 Å². The molecule has 14 nitrogen and oxygen atoms in total. The number of rotatable bonds is 62. The maximum Gasteiger partial charge on any atom is 0.221 e. The minimum Gasteiger partial charge on any atom is -0.395 e. The number of nitrogens with zero attached hydrogens (tertiary/aromatic N) is 3. The number of unbranched alkanes of at least 4 members (excludes halogenated alkanes) is 33. The van der Waals surface area contributed by atoms with Crippen molar-refractivity contribution in [2.24, 2.45) is 0 Å². The molecule has 0 aliphatic heterocycles. The topological polar surface area (TPSA) is 190 Å². The number of amides is 3. The first-order valence-corrected chi connectivity index (χ1v) is 32.9. The molecule has 0 saturated heterocycles. The van der Waals surface area contributed by atoms with Crippen LogP contribution in [0.4, 0.5) is 0 Å². The first kappa shape index (κ1) is 77.2. The predicted octanol–water partition coefficient (Wildman–Crippen LogP) is 11.1. The van der Waals surface area contributed by atoms with Gasteiger partial charge in [0.15, 0.2) is 0 Å². The van der Waals surface area contributed by atoms with Crippen molar-refractivity contribution in [3.05, 3.63) is 0 Å². The quantitative estimate of drug-likeness (QED) is 0.0271. The zero-order chi connectivity index (χ0) is 56.6. The molecule has 0 radical (unpaired) electrons. The Morgan fingerprint density at radius 3 is 0.766 bits per heavy atom. The molecule has 0 heterocycles. The summed E-state index contributed by atoms with van der Waals surface area (Å²) in [7, 11) is 0. The van der Waals surface area contributed by atoms with E-state index in [4.69, 9.17) is 10.2 Å². The molecule has 0 atom stereocenters. The minimum absolute atomic E-state index is 0.0447. The van der Waals surface area contributed by atoms with Gasteiger partial charge in [-0.15, -0.1) is 0 Å². The van der Waals surface area contributed by atoms with E-state index in [2.05, 4.69) is 46.9 Å². The second-order valence-corrected chi connectivity index (χ2v) is 22.1. The molecule has 3 amide bonds. The van der Waals surface area contributed by atoms with E-state index >= 15 is 0 Å². The SMILES string of the molecule is CCCCCCCCCCCCCCNC(=O)CCN(CCC(=O)NCCCCCCCCCCCCCC)CCN(CCO)CCO.CCCCCCCCCCCCCCNC(=O)CCNCCN(CCO)CCO. The first-order valence-electron chi connectivity index (χ1n) is 32.9. The largest absolute Gasteiger partial charge is 0.395 e. The van der Waals surface area contributed by atoms with Gasteiger partial charge in [0.05, 0.1) is 26.4 Å². The van der Waals surface area contributed by atoms with Crippen LogP contribution in [0.2, 0.25) is 0 Å². The van der Waals surface area contributed by atoms with Crippen LogP contribution in [-0.2, 0) is 14.4 Å². The summed E-state index contributed by atoms with van der Waals surface area (Å²) in [4.78, 5) is 43.2. The summed E-state index contributed by atoms with van der Waals surface area (Å²) in [6.07, 6.45) is 48.7. The number of carbonyl (C=O) groups is 3. The highest BCUT2D eigenvalue weighted by atomic mass is 16.3. The lowest BCUT2D eigenvalue weighted by Gasteiger charge is -2.26. The van der Waals surface area contributed by atoms with E-state index in [1.165, 1.54) is 212 Å². The van der Waals surface area contributed by atoms with Gasteiger partial charge < -0.3 is 46.6 Å². The monoisotopic (exact) mass is 1100 g/mol. The Morgan fingerprint density at radius 1 is 0.260 bits per heavy atom. The third-order valence-electron chi connectivity index (χ3n) is 14.9. The fourth-order valence-corrected chi connectivity index (χ4v) is 9.78. The summed E-state index contributed by atoms with van der Waals surface area (Å²) in [5.74, 6) is 0.257. The Balaban J connectivity index is 0. The maximum absolute atomic E-state index is 12.6. The van der Waals surface area contributed by atoms with Crippen LogP contribution in [0.5, 0.6) is 0 Å². The van der Waals surface area contributed by atoms with Crippen molar-refractivity contribution in [3.63, 3.8) is 0 Å². The molecule has 0 aromatic carbocycles. The molecular weight excluding hydrogens is 967 g/mol. The highest BCUT2D eigenvalue weighted by Crippen LogP contribution is 2.14. The van der Waals surface area contributed by atoms with Crippen molar-refractivity contribution < 1.29 is 34.8 Å². The zero-order valence-corrected chi connectivity index (χ0v) is 51.2. The van der Waals surface area contributed by atoms with E-state index < -0.39 is 0 Å². The van der Waals surface area contributed by atoms with Crippen molar-refractivity contribution in [2.75, 3.05) is 118 Å². The van der Waals surface area contributed by atoms with Crippen molar-refractivity contribution in [2.45, 2.75) is 271 Å². The summed E-state index contributed by atoms with van der Waals surface area (Å²) in [5, 5.41) is 49.1. The molecule has 0 unspecified atom stereocenters. The van der Waals surface area contributed by atoms with Gasteiger partial charge in [0, 0.05) is 111 Å². The average Bonchev–Trinajstić information content (AvgIpc) is 3.42. The van der Waals surface area contributed by atoms with Gasteiger partial charge >= 0.3 is 0 Å². The molecule has 0 fully saturated rings. The summed E-state index contributed by atoms with van der Waals surface area (Å²) in [5.41, 5.74) is 0. The van der Waals surface area contributed by atoms with Crippen molar-refractivity contribution >= 4 is 17.7 Å². The standard InChI is InChI=1S/C40H82N4O4.C23H49N3O3/c1-3-5-7-9-11-13-15-17-19-21-23-25-29-41-39(47)27-31-43(33-34-44(35-37-45)36-38-46)32-28-40(48)42-30-26-24-22-20-18-16-14-12-10-8-6-4-2;1-2-3-4-5-6-7-8-9-10-11-12-13-15-25-23(29)14-16-24-17-18-26(19-21-27)20-22-28/h45-46H,3-38H2,1-2H3,(H,41,47)(H,42,48);24,27-28H,2-22H2,1H3,(H,25,29). The van der Waals surface area contributed by atoms with Crippen LogP contribution in [0, 0.1) is 0 Å². The van der Waals surface area contributed by atoms with Gasteiger partial charge in [-0.2, -0.15) is 0 Å². The minimum atomic E-state index is 0.0447. The molecule has 0 saturated carbocycles. The Kier molecular flexibility index (Phi) is 66.7. The molecule has 460 valence electrons. The lowest BCUT2D eigenvalue weighted by molar-refractivity contribution is -0.122. The van der Waals surface area contributed by atoms with E-state index in [1.807, 2.05) is 9.80 Å². The highest BCUT2D eigenvalue weighted by Gasteiger charge is 2.14. The van der Waals surface area contributed by atoms with Crippen molar-refractivity contribution in [1.82, 2.24) is 36.0 Å². The number of hydrogen-bond donors (Lipinski definition) is 8. The number of hydrogen-bond acceptors (Lipinski definition) is 11. The van der Waals surface area contributed by atoms with E-state index in [0.717, 1.165) is 52.0 Å². The van der Waals surface area contributed by atoms with Gasteiger partial charge in [-0.1, -0.05) is 233 Å².